The summed E-state index contributed by atoms with van der Waals surface area (Å²) < 4.78 is 32.4. The largest absolute Gasteiger partial charge is 0.477 e. The van der Waals surface area contributed by atoms with Gasteiger partial charge < -0.3 is 4.74 Å². The van der Waals surface area contributed by atoms with Crippen molar-refractivity contribution in [3.63, 3.8) is 0 Å². The van der Waals surface area contributed by atoms with Crippen molar-refractivity contribution in [3.8, 4) is 5.75 Å². The van der Waals surface area contributed by atoms with Crippen LogP contribution in [0.1, 0.15) is 0 Å². The monoisotopic (exact) mass is 382 g/mol. The number of rotatable bonds is 4. The van der Waals surface area contributed by atoms with Crippen LogP contribution in [0.25, 0.3) is 0 Å². The SMILES string of the molecule is O=C(Cl)C1CN(S(=O)(=O)c2ccccc2[N+](=O)[O-])c2ccccc2O1. The van der Waals surface area contributed by atoms with E-state index in [0.29, 0.717) is 0 Å². The van der Waals surface area contributed by atoms with Gasteiger partial charge in [0.25, 0.3) is 21.0 Å². The van der Waals surface area contributed by atoms with E-state index >= 15 is 0 Å². The van der Waals surface area contributed by atoms with Gasteiger partial charge in [-0.05, 0) is 29.8 Å². The molecule has 1 unspecified atom stereocenters. The molecule has 0 saturated carbocycles. The Kier molecular flexibility index (Phi) is 4.36. The lowest BCUT2D eigenvalue weighted by Crippen LogP contribution is -2.46. The number of para-hydroxylation sites is 3. The first kappa shape index (κ1) is 17.2. The fourth-order valence-electron chi connectivity index (χ4n) is 2.49. The first-order valence-electron chi connectivity index (χ1n) is 7.03. The fraction of sp³-hybridized carbons (Fsp3) is 0.133. The summed E-state index contributed by atoms with van der Waals surface area (Å²) in [6.07, 6.45) is -1.21. The van der Waals surface area contributed by atoms with Gasteiger partial charge in [0.15, 0.2) is 11.0 Å². The number of nitrogens with zero attached hydrogens (tertiary/aromatic N) is 2. The van der Waals surface area contributed by atoms with E-state index in [4.69, 9.17) is 16.3 Å². The second-order valence-electron chi connectivity index (χ2n) is 5.14. The van der Waals surface area contributed by atoms with Crippen LogP contribution in [0.5, 0.6) is 5.75 Å². The summed E-state index contributed by atoms with van der Waals surface area (Å²) in [6, 6.07) is 11.2. The lowest BCUT2D eigenvalue weighted by Gasteiger charge is -2.33. The maximum Gasteiger partial charge on any atom is 0.289 e. The van der Waals surface area contributed by atoms with Crippen molar-refractivity contribution in [2.75, 3.05) is 10.8 Å². The van der Waals surface area contributed by atoms with Crippen molar-refractivity contribution >= 4 is 38.2 Å². The number of fused-ring (bicyclic) bond motifs is 1. The summed E-state index contributed by atoms with van der Waals surface area (Å²) >= 11 is 5.47. The Morgan fingerprint density at radius 1 is 1.20 bits per heavy atom. The smallest absolute Gasteiger partial charge is 0.289 e. The lowest BCUT2D eigenvalue weighted by molar-refractivity contribution is -0.387. The Labute approximate surface area is 147 Å². The summed E-state index contributed by atoms with van der Waals surface area (Å²) in [5.41, 5.74) is -0.380. The number of sulfonamides is 1. The fourth-order valence-corrected chi connectivity index (χ4v) is 4.24. The van der Waals surface area contributed by atoms with Crippen LogP contribution in [-0.4, -0.2) is 31.2 Å². The number of carbonyl (C=O) groups is 1. The molecule has 0 N–H and O–H groups in total. The van der Waals surface area contributed by atoms with Gasteiger partial charge in [-0.2, -0.15) is 0 Å². The van der Waals surface area contributed by atoms with Crippen molar-refractivity contribution in [1.82, 2.24) is 0 Å². The Hall–Kier alpha value is -2.65. The third-order valence-corrected chi connectivity index (χ3v) is 5.69. The van der Waals surface area contributed by atoms with Crippen molar-refractivity contribution in [2.45, 2.75) is 11.0 Å². The van der Waals surface area contributed by atoms with Crippen LogP contribution in [0.2, 0.25) is 0 Å². The molecule has 0 spiro atoms. The summed E-state index contributed by atoms with van der Waals surface area (Å²) in [5, 5.41) is 10.3. The molecule has 1 atom stereocenters. The number of nitro groups is 1. The molecule has 0 aliphatic carbocycles. The standard InChI is InChI=1S/C15H11ClN2O6S/c16-15(19)13-9-17(10-5-1-3-7-12(10)24-13)25(22,23)14-8-4-2-6-11(14)18(20)21/h1-8,13H,9H2. The molecular formula is C15H11ClN2O6S. The van der Waals surface area contributed by atoms with Gasteiger partial charge in [-0.1, -0.05) is 24.3 Å². The van der Waals surface area contributed by atoms with E-state index in [9.17, 15) is 23.3 Å². The molecule has 10 heteroatoms. The van der Waals surface area contributed by atoms with Crippen molar-refractivity contribution in [2.24, 2.45) is 0 Å². The van der Waals surface area contributed by atoms with Gasteiger partial charge in [0.05, 0.1) is 17.2 Å². The van der Waals surface area contributed by atoms with Crippen molar-refractivity contribution < 1.29 is 22.9 Å². The normalized spacial score (nSPS) is 16.7. The molecule has 25 heavy (non-hydrogen) atoms. The number of nitro benzene ring substituents is 1. The maximum absolute atomic E-state index is 13.1. The number of anilines is 1. The average molecular weight is 383 g/mol. The van der Waals surface area contributed by atoms with Gasteiger partial charge >= 0.3 is 0 Å². The third kappa shape index (κ3) is 3.03. The Morgan fingerprint density at radius 3 is 2.52 bits per heavy atom. The predicted octanol–water partition coefficient (Wildman–Crippen LogP) is 2.32. The summed E-state index contributed by atoms with van der Waals surface area (Å²) in [7, 11) is -4.32. The molecule has 3 rings (SSSR count). The van der Waals surface area contributed by atoms with Gasteiger partial charge in [-0.3, -0.25) is 19.2 Å². The van der Waals surface area contributed by atoms with Crippen LogP contribution in [0.15, 0.2) is 53.4 Å². The van der Waals surface area contributed by atoms with E-state index in [0.717, 1.165) is 16.4 Å². The van der Waals surface area contributed by atoms with Crippen LogP contribution >= 0.6 is 11.6 Å². The summed E-state index contributed by atoms with van der Waals surface area (Å²) in [6.45, 7) is -0.381. The van der Waals surface area contributed by atoms with Gasteiger partial charge in [0.2, 0.25) is 0 Å². The Balaban J connectivity index is 2.17. The molecule has 2 aromatic rings. The lowest BCUT2D eigenvalue weighted by atomic mass is 10.2. The van der Waals surface area contributed by atoms with E-state index < -0.39 is 36.9 Å². The van der Waals surface area contributed by atoms with Crippen LogP contribution in [0.3, 0.4) is 0 Å². The zero-order valence-corrected chi connectivity index (χ0v) is 14.1. The molecule has 0 aromatic heterocycles. The molecule has 0 amide bonds. The topological polar surface area (TPSA) is 107 Å². The van der Waals surface area contributed by atoms with Crippen LogP contribution < -0.4 is 9.04 Å². The molecule has 130 valence electrons. The highest BCUT2D eigenvalue weighted by Gasteiger charge is 2.39. The molecular weight excluding hydrogens is 372 g/mol. The Bertz CT molecular complexity index is 962. The number of benzene rings is 2. The van der Waals surface area contributed by atoms with E-state index in [1.165, 1.54) is 24.3 Å². The Morgan fingerprint density at radius 2 is 1.84 bits per heavy atom. The highest BCUT2D eigenvalue weighted by atomic mass is 35.5. The predicted molar refractivity (Wildman–Crippen MR) is 89.3 cm³/mol. The molecule has 0 bridgehead atoms. The van der Waals surface area contributed by atoms with Crippen LogP contribution in [0.4, 0.5) is 11.4 Å². The zero-order chi connectivity index (χ0) is 18.2. The molecule has 1 aliphatic heterocycles. The minimum absolute atomic E-state index is 0.148. The molecule has 0 radical (unpaired) electrons. The zero-order valence-electron chi connectivity index (χ0n) is 12.5. The first-order chi connectivity index (χ1) is 11.8. The van der Waals surface area contributed by atoms with Crippen LogP contribution in [0, 0.1) is 10.1 Å². The summed E-state index contributed by atoms with van der Waals surface area (Å²) in [4.78, 5) is 21.4. The van der Waals surface area contributed by atoms with Gasteiger partial charge in [0, 0.05) is 6.07 Å². The highest BCUT2D eigenvalue weighted by Crippen LogP contribution is 2.38. The van der Waals surface area contributed by atoms with E-state index in [2.05, 4.69) is 0 Å². The molecule has 2 aromatic carbocycles. The van der Waals surface area contributed by atoms with E-state index in [-0.39, 0.29) is 18.0 Å². The molecule has 8 nitrogen and oxygen atoms in total. The van der Waals surface area contributed by atoms with Gasteiger partial charge in [-0.25, -0.2) is 8.42 Å². The second-order valence-corrected chi connectivity index (χ2v) is 7.34. The minimum atomic E-state index is -4.32. The quantitative estimate of drug-likeness (QED) is 0.456. The number of ether oxygens (including phenoxy) is 1. The second kappa shape index (κ2) is 6.34. The van der Waals surface area contributed by atoms with Crippen molar-refractivity contribution in [3.05, 3.63) is 58.6 Å². The summed E-state index contributed by atoms with van der Waals surface area (Å²) in [5.74, 6) is 0.148. The molecule has 1 aliphatic rings. The van der Waals surface area contributed by atoms with Crippen molar-refractivity contribution in [1.29, 1.82) is 0 Å². The maximum atomic E-state index is 13.1. The average Bonchev–Trinajstić information content (AvgIpc) is 2.60. The molecule has 0 saturated heterocycles. The number of halogens is 1. The number of hydrogen-bond acceptors (Lipinski definition) is 6. The highest BCUT2D eigenvalue weighted by molar-refractivity contribution is 7.93. The number of hydrogen-bond donors (Lipinski definition) is 0. The molecule has 0 fully saturated rings. The van der Waals surface area contributed by atoms with E-state index in [1.807, 2.05) is 0 Å². The minimum Gasteiger partial charge on any atom is -0.477 e. The van der Waals surface area contributed by atoms with E-state index in [1.54, 1.807) is 12.1 Å². The van der Waals surface area contributed by atoms with Gasteiger partial charge in [0.1, 0.15) is 5.75 Å². The molecule has 1 heterocycles. The first-order valence-corrected chi connectivity index (χ1v) is 8.85. The number of carbonyl (C=O) groups excluding carboxylic acids is 1. The third-order valence-electron chi connectivity index (χ3n) is 3.62. The van der Waals surface area contributed by atoms with Crippen LogP contribution in [-0.2, 0) is 14.8 Å². The van der Waals surface area contributed by atoms with Gasteiger partial charge in [-0.15, -0.1) is 0 Å².